The summed E-state index contributed by atoms with van der Waals surface area (Å²) in [6, 6.07) is 23.7. The molecular weight excluding hydrogens is 344 g/mol. The number of phenols is 1. The first kappa shape index (κ1) is 18.5. The third-order valence-corrected chi connectivity index (χ3v) is 4.55. The van der Waals surface area contributed by atoms with Gasteiger partial charge < -0.3 is 10.8 Å². The zero-order valence-electron chi connectivity index (χ0n) is 14.6. The first-order valence-electron chi connectivity index (χ1n) is 8.65. The fourth-order valence-electron chi connectivity index (χ4n) is 2.97. The van der Waals surface area contributed by atoms with Crippen molar-refractivity contribution in [1.29, 1.82) is 0 Å². The molecule has 0 unspecified atom stereocenters. The lowest BCUT2D eigenvalue weighted by Gasteiger charge is -2.23. The summed E-state index contributed by atoms with van der Waals surface area (Å²) in [5.74, 6) is 0.293. The largest absolute Gasteiger partial charge is 0.508 e. The van der Waals surface area contributed by atoms with Gasteiger partial charge in [0.2, 0.25) is 0 Å². The Hall–Kier alpha value is -2.33. The van der Waals surface area contributed by atoms with E-state index in [1.165, 1.54) is 11.1 Å². The van der Waals surface area contributed by atoms with E-state index < -0.39 is 0 Å². The highest BCUT2D eigenvalue weighted by molar-refractivity contribution is 6.30. The van der Waals surface area contributed by atoms with Crippen molar-refractivity contribution in [2.45, 2.75) is 26.2 Å². The Morgan fingerprint density at radius 1 is 0.731 bits per heavy atom. The molecular formula is C22H23ClN2O. The molecule has 3 nitrogen and oxygen atoms in total. The van der Waals surface area contributed by atoms with Gasteiger partial charge in [0.1, 0.15) is 5.75 Å². The van der Waals surface area contributed by atoms with Crippen LogP contribution in [0.2, 0.25) is 5.02 Å². The molecule has 0 heterocycles. The van der Waals surface area contributed by atoms with Crippen LogP contribution in [0, 0.1) is 0 Å². The summed E-state index contributed by atoms with van der Waals surface area (Å²) in [7, 11) is 0. The molecule has 0 amide bonds. The molecule has 134 valence electrons. The Morgan fingerprint density at radius 3 is 1.85 bits per heavy atom. The Balaban J connectivity index is 1.78. The van der Waals surface area contributed by atoms with Crippen LogP contribution in [0.1, 0.15) is 22.3 Å². The highest BCUT2D eigenvalue weighted by Gasteiger charge is 2.09. The molecule has 3 rings (SSSR count). The van der Waals surface area contributed by atoms with Gasteiger partial charge >= 0.3 is 0 Å². The molecule has 0 radical (unpaired) electrons. The molecule has 0 spiro atoms. The maximum atomic E-state index is 9.75. The molecule has 3 N–H and O–H groups in total. The van der Waals surface area contributed by atoms with Crippen molar-refractivity contribution in [3.05, 3.63) is 100 Å². The summed E-state index contributed by atoms with van der Waals surface area (Å²) in [5.41, 5.74) is 10.3. The van der Waals surface area contributed by atoms with E-state index in [0.717, 1.165) is 35.8 Å². The van der Waals surface area contributed by atoms with Gasteiger partial charge in [-0.15, -0.1) is 0 Å². The van der Waals surface area contributed by atoms with Gasteiger partial charge in [-0.1, -0.05) is 60.1 Å². The van der Waals surface area contributed by atoms with E-state index in [9.17, 15) is 5.11 Å². The molecule has 0 aliphatic carbocycles. The topological polar surface area (TPSA) is 49.5 Å². The van der Waals surface area contributed by atoms with E-state index in [1.54, 1.807) is 6.07 Å². The summed E-state index contributed by atoms with van der Waals surface area (Å²) in [5, 5.41) is 10.5. The fraction of sp³-hybridized carbons (Fsp3) is 0.182. The van der Waals surface area contributed by atoms with Gasteiger partial charge in [-0.3, -0.25) is 4.90 Å². The molecule has 0 aliphatic rings. The average Bonchev–Trinajstić information content (AvgIpc) is 2.64. The van der Waals surface area contributed by atoms with Gasteiger partial charge in [-0.05, 0) is 46.5 Å². The molecule has 0 bridgehead atoms. The van der Waals surface area contributed by atoms with Gasteiger partial charge in [0, 0.05) is 31.2 Å². The lowest BCUT2D eigenvalue weighted by atomic mass is 10.1. The maximum Gasteiger partial charge on any atom is 0.115 e. The lowest BCUT2D eigenvalue weighted by molar-refractivity contribution is 0.247. The molecule has 0 fully saturated rings. The first-order valence-corrected chi connectivity index (χ1v) is 9.03. The summed E-state index contributed by atoms with van der Waals surface area (Å²) in [6.07, 6.45) is 0. The minimum Gasteiger partial charge on any atom is -0.508 e. The van der Waals surface area contributed by atoms with Gasteiger partial charge in [-0.2, -0.15) is 0 Å². The van der Waals surface area contributed by atoms with Crippen LogP contribution in [0.15, 0.2) is 72.8 Å². The van der Waals surface area contributed by atoms with E-state index in [1.807, 2.05) is 30.3 Å². The Kier molecular flexibility index (Phi) is 6.29. The summed E-state index contributed by atoms with van der Waals surface area (Å²) in [6.45, 7) is 2.91. The number of rotatable bonds is 7. The zero-order valence-corrected chi connectivity index (χ0v) is 15.4. The lowest BCUT2D eigenvalue weighted by Crippen LogP contribution is -2.22. The second-order valence-electron chi connectivity index (χ2n) is 6.46. The normalized spacial score (nSPS) is 11.0. The minimum atomic E-state index is 0.293. The average molecular weight is 367 g/mol. The highest BCUT2D eigenvalue weighted by atomic mass is 35.5. The smallest absolute Gasteiger partial charge is 0.115 e. The fourth-order valence-corrected chi connectivity index (χ4v) is 3.09. The summed E-state index contributed by atoms with van der Waals surface area (Å²) < 4.78 is 0. The monoisotopic (exact) mass is 366 g/mol. The molecule has 0 aliphatic heterocycles. The molecule has 0 saturated heterocycles. The third-order valence-electron chi connectivity index (χ3n) is 4.30. The van der Waals surface area contributed by atoms with Crippen molar-refractivity contribution in [1.82, 2.24) is 4.90 Å². The standard InChI is InChI=1S/C22H23ClN2O/c23-21-10-8-19(9-11-21)15-25(16-20-2-1-3-22(26)12-20)14-18-6-4-17(13-24)5-7-18/h1-12,26H,13-16,24H2. The molecule has 4 heteroatoms. The van der Waals surface area contributed by atoms with Crippen LogP contribution >= 0.6 is 11.6 Å². The van der Waals surface area contributed by atoms with Gasteiger partial charge in [0.25, 0.3) is 0 Å². The van der Waals surface area contributed by atoms with Crippen LogP contribution in [0.5, 0.6) is 5.75 Å². The molecule has 0 atom stereocenters. The van der Waals surface area contributed by atoms with Crippen LogP contribution in [0.25, 0.3) is 0 Å². The van der Waals surface area contributed by atoms with E-state index in [-0.39, 0.29) is 0 Å². The Morgan fingerprint density at radius 2 is 1.27 bits per heavy atom. The Bertz CT molecular complexity index is 832. The number of benzene rings is 3. The molecule has 0 aromatic heterocycles. The second-order valence-corrected chi connectivity index (χ2v) is 6.90. The van der Waals surface area contributed by atoms with Crippen LogP contribution < -0.4 is 5.73 Å². The summed E-state index contributed by atoms with van der Waals surface area (Å²) >= 11 is 6.00. The van der Waals surface area contributed by atoms with Gasteiger partial charge in [0.05, 0.1) is 0 Å². The molecule has 3 aromatic rings. The number of nitrogens with two attached hydrogens (primary N) is 1. The number of hydrogen-bond donors (Lipinski definition) is 2. The predicted molar refractivity (Wildman–Crippen MR) is 107 cm³/mol. The van der Waals surface area contributed by atoms with Gasteiger partial charge in [-0.25, -0.2) is 0 Å². The van der Waals surface area contributed by atoms with Crippen molar-refractivity contribution in [3.8, 4) is 5.75 Å². The molecule has 26 heavy (non-hydrogen) atoms. The number of halogens is 1. The van der Waals surface area contributed by atoms with Crippen molar-refractivity contribution in [3.63, 3.8) is 0 Å². The van der Waals surface area contributed by atoms with Crippen molar-refractivity contribution >= 4 is 11.6 Å². The van der Waals surface area contributed by atoms with Crippen molar-refractivity contribution < 1.29 is 5.11 Å². The highest BCUT2D eigenvalue weighted by Crippen LogP contribution is 2.18. The molecule has 3 aromatic carbocycles. The zero-order chi connectivity index (χ0) is 18.4. The van der Waals surface area contributed by atoms with Crippen molar-refractivity contribution in [2.75, 3.05) is 0 Å². The summed E-state index contributed by atoms with van der Waals surface area (Å²) in [4.78, 5) is 2.34. The number of hydrogen-bond acceptors (Lipinski definition) is 3. The van der Waals surface area contributed by atoms with Crippen LogP contribution in [-0.2, 0) is 26.2 Å². The predicted octanol–water partition coefficient (Wildman–Crippen LogP) is 4.71. The van der Waals surface area contributed by atoms with Crippen molar-refractivity contribution in [2.24, 2.45) is 5.73 Å². The Labute approximate surface area is 159 Å². The number of phenolic OH excluding ortho intramolecular Hbond substituents is 1. The van der Waals surface area contributed by atoms with E-state index in [0.29, 0.717) is 12.3 Å². The molecule has 0 saturated carbocycles. The quantitative estimate of drug-likeness (QED) is 0.636. The van der Waals surface area contributed by atoms with Gasteiger partial charge in [0.15, 0.2) is 0 Å². The SMILES string of the molecule is NCc1ccc(CN(Cc2ccc(Cl)cc2)Cc2cccc(O)c2)cc1. The third kappa shape index (κ3) is 5.33. The maximum absolute atomic E-state index is 9.75. The minimum absolute atomic E-state index is 0.293. The second kappa shape index (κ2) is 8.86. The van der Waals surface area contributed by atoms with E-state index in [4.69, 9.17) is 17.3 Å². The van der Waals surface area contributed by atoms with E-state index >= 15 is 0 Å². The number of aromatic hydroxyl groups is 1. The van der Waals surface area contributed by atoms with E-state index in [2.05, 4.69) is 41.3 Å². The van der Waals surface area contributed by atoms with Crippen LogP contribution in [0.4, 0.5) is 0 Å². The first-order chi connectivity index (χ1) is 12.6. The van der Waals surface area contributed by atoms with Crippen LogP contribution in [-0.4, -0.2) is 10.0 Å². The number of nitrogens with zero attached hydrogens (tertiary/aromatic N) is 1. The van der Waals surface area contributed by atoms with Crippen LogP contribution in [0.3, 0.4) is 0 Å².